The summed E-state index contributed by atoms with van der Waals surface area (Å²) in [5.74, 6) is 5.72. The fraction of sp³-hybridized carbons (Fsp3) is 0.133. The van der Waals surface area contributed by atoms with Crippen molar-refractivity contribution in [3.05, 3.63) is 63.6 Å². The maximum atomic E-state index is 5.72. The molecule has 0 radical (unpaired) electrons. The molecule has 1 aromatic carbocycles. The zero-order chi connectivity index (χ0) is 13.9. The van der Waals surface area contributed by atoms with Crippen LogP contribution in [0.2, 0.25) is 0 Å². The van der Waals surface area contributed by atoms with Crippen LogP contribution in [0.3, 0.4) is 0 Å². The lowest BCUT2D eigenvalue weighted by molar-refractivity contribution is 0.551. The van der Waals surface area contributed by atoms with Crippen LogP contribution in [0.4, 0.5) is 0 Å². The molecule has 3 aromatic rings. The predicted octanol–water partition coefficient (Wildman–Crippen LogP) is 3.81. The number of nitrogens with two attached hydrogens (primary N) is 1. The molecule has 1 unspecified atom stereocenters. The molecular weight excluding hydrogens is 334 g/mol. The van der Waals surface area contributed by atoms with Gasteiger partial charge in [0.15, 0.2) is 0 Å². The number of benzene rings is 1. The van der Waals surface area contributed by atoms with Crippen LogP contribution in [0.1, 0.15) is 17.2 Å². The molecule has 1 atom stereocenters. The number of pyridine rings is 1. The van der Waals surface area contributed by atoms with E-state index in [0.717, 1.165) is 22.0 Å². The number of aromatic nitrogens is 1. The van der Waals surface area contributed by atoms with Crippen molar-refractivity contribution in [3.8, 4) is 0 Å². The molecule has 2 heterocycles. The number of halogens is 1. The minimum Gasteiger partial charge on any atom is -0.271 e. The Morgan fingerprint density at radius 1 is 1.25 bits per heavy atom. The summed E-state index contributed by atoms with van der Waals surface area (Å²) in [6, 6.07) is 12.6. The van der Waals surface area contributed by atoms with Gasteiger partial charge in [-0.15, -0.1) is 11.3 Å². The number of fused-ring (bicyclic) bond motifs is 1. The molecule has 3 nitrogen and oxygen atoms in total. The largest absolute Gasteiger partial charge is 0.271 e. The number of nitrogens with one attached hydrogen (secondary N) is 1. The van der Waals surface area contributed by atoms with Crippen LogP contribution in [0.15, 0.2) is 52.4 Å². The first-order valence-electron chi connectivity index (χ1n) is 6.30. The topological polar surface area (TPSA) is 50.9 Å². The number of nitrogens with zero attached hydrogens (tertiary/aromatic N) is 1. The van der Waals surface area contributed by atoms with Crippen LogP contribution in [0.25, 0.3) is 10.2 Å². The number of hydrogen-bond donors (Lipinski definition) is 2. The third-order valence-electron chi connectivity index (χ3n) is 3.28. The number of rotatable bonds is 4. The van der Waals surface area contributed by atoms with Crippen molar-refractivity contribution in [2.75, 3.05) is 0 Å². The molecule has 20 heavy (non-hydrogen) atoms. The highest BCUT2D eigenvalue weighted by molar-refractivity contribution is 9.10. The monoisotopic (exact) mass is 347 g/mol. The molecule has 0 spiro atoms. The Hall–Kier alpha value is -1.27. The molecule has 0 saturated carbocycles. The standard InChI is InChI=1S/C15H14BrN3S/c16-12-3-1-10(2-4-12)7-14(19-17)11-8-15-13(18-9-11)5-6-20-15/h1-6,8-9,14,19H,7,17H2. The second-order valence-electron chi connectivity index (χ2n) is 4.62. The van der Waals surface area contributed by atoms with Gasteiger partial charge < -0.3 is 0 Å². The Balaban J connectivity index is 1.86. The molecule has 3 N–H and O–H groups in total. The van der Waals surface area contributed by atoms with Crippen LogP contribution in [0, 0.1) is 0 Å². The van der Waals surface area contributed by atoms with Crippen LogP contribution in [0.5, 0.6) is 0 Å². The number of hydrazine groups is 1. The summed E-state index contributed by atoms with van der Waals surface area (Å²) in [5, 5.41) is 2.06. The van der Waals surface area contributed by atoms with Gasteiger partial charge in [0, 0.05) is 10.7 Å². The minimum atomic E-state index is 0.0650. The minimum absolute atomic E-state index is 0.0650. The third kappa shape index (κ3) is 2.91. The summed E-state index contributed by atoms with van der Waals surface area (Å²) in [7, 11) is 0. The maximum Gasteiger partial charge on any atom is 0.0809 e. The third-order valence-corrected chi connectivity index (χ3v) is 4.66. The lowest BCUT2D eigenvalue weighted by atomic mass is 10.0. The quantitative estimate of drug-likeness (QED) is 0.557. The molecule has 2 aromatic heterocycles. The summed E-state index contributed by atoms with van der Waals surface area (Å²) in [4.78, 5) is 4.47. The van der Waals surface area contributed by atoms with E-state index in [0.29, 0.717) is 0 Å². The molecule has 0 aliphatic rings. The first-order chi connectivity index (χ1) is 9.76. The summed E-state index contributed by atoms with van der Waals surface area (Å²) >= 11 is 5.15. The molecule has 3 rings (SSSR count). The highest BCUT2D eigenvalue weighted by Crippen LogP contribution is 2.24. The molecule has 0 amide bonds. The first-order valence-corrected chi connectivity index (χ1v) is 7.97. The van der Waals surface area contributed by atoms with Crippen LogP contribution < -0.4 is 11.3 Å². The van der Waals surface area contributed by atoms with E-state index in [1.165, 1.54) is 10.3 Å². The molecule has 0 fully saturated rings. The molecule has 102 valence electrons. The predicted molar refractivity (Wildman–Crippen MR) is 87.5 cm³/mol. The highest BCUT2D eigenvalue weighted by atomic mass is 79.9. The van der Waals surface area contributed by atoms with E-state index in [4.69, 9.17) is 5.84 Å². The highest BCUT2D eigenvalue weighted by Gasteiger charge is 2.12. The van der Waals surface area contributed by atoms with Crippen LogP contribution in [-0.2, 0) is 6.42 Å². The van der Waals surface area contributed by atoms with E-state index < -0.39 is 0 Å². The summed E-state index contributed by atoms with van der Waals surface area (Å²) in [5.41, 5.74) is 6.29. The zero-order valence-corrected chi connectivity index (χ0v) is 13.1. The van der Waals surface area contributed by atoms with Crippen molar-refractivity contribution in [2.24, 2.45) is 5.84 Å². The lowest BCUT2D eigenvalue weighted by Gasteiger charge is -2.16. The Bertz CT molecular complexity index is 708. The van der Waals surface area contributed by atoms with Crippen molar-refractivity contribution < 1.29 is 0 Å². The summed E-state index contributed by atoms with van der Waals surface area (Å²) < 4.78 is 2.28. The molecular formula is C15H14BrN3S. The molecule has 5 heteroatoms. The van der Waals surface area contributed by atoms with Crippen molar-refractivity contribution in [3.63, 3.8) is 0 Å². The number of thiophene rings is 1. The normalized spacial score (nSPS) is 12.7. The van der Waals surface area contributed by atoms with Gasteiger partial charge in [0.25, 0.3) is 0 Å². The summed E-state index contributed by atoms with van der Waals surface area (Å²) in [6.07, 6.45) is 2.74. The average Bonchev–Trinajstić information content (AvgIpc) is 2.94. The SMILES string of the molecule is NNC(Cc1ccc(Br)cc1)c1cnc2ccsc2c1. The van der Waals surface area contributed by atoms with Gasteiger partial charge in [-0.05, 0) is 47.2 Å². The van der Waals surface area contributed by atoms with Gasteiger partial charge in [-0.3, -0.25) is 16.3 Å². The zero-order valence-electron chi connectivity index (χ0n) is 10.7. The van der Waals surface area contributed by atoms with Crippen molar-refractivity contribution >= 4 is 37.5 Å². The van der Waals surface area contributed by atoms with Crippen molar-refractivity contribution in [1.82, 2.24) is 10.4 Å². The van der Waals surface area contributed by atoms with Crippen LogP contribution >= 0.6 is 27.3 Å². The van der Waals surface area contributed by atoms with Gasteiger partial charge in [0.1, 0.15) is 0 Å². The second kappa shape index (κ2) is 6.01. The van der Waals surface area contributed by atoms with Gasteiger partial charge in [-0.25, -0.2) is 0 Å². The first kappa shape index (κ1) is 13.7. The Morgan fingerprint density at radius 3 is 2.80 bits per heavy atom. The fourth-order valence-electron chi connectivity index (χ4n) is 2.18. The van der Waals surface area contributed by atoms with Gasteiger partial charge in [0.05, 0.1) is 16.3 Å². The van der Waals surface area contributed by atoms with E-state index in [-0.39, 0.29) is 6.04 Å². The van der Waals surface area contributed by atoms with E-state index in [2.05, 4.69) is 49.9 Å². The van der Waals surface area contributed by atoms with Gasteiger partial charge in [-0.2, -0.15) is 0 Å². The summed E-state index contributed by atoms with van der Waals surface area (Å²) in [6.45, 7) is 0. The molecule has 0 saturated heterocycles. The van der Waals surface area contributed by atoms with E-state index in [1.807, 2.05) is 24.4 Å². The van der Waals surface area contributed by atoms with Crippen molar-refractivity contribution in [2.45, 2.75) is 12.5 Å². The molecule has 0 aliphatic heterocycles. The van der Waals surface area contributed by atoms with Crippen molar-refractivity contribution in [1.29, 1.82) is 0 Å². The average molecular weight is 348 g/mol. The molecule has 0 aliphatic carbocycles. The van der Waals surface area contributed by atoms with Gasteiger partial charge in [-0.1, -0.05) is 28.1 Å². The van der Waals surface area contributed by atoms with E-state index >= 15 is 0 Å². The Labute approximate surface area is 129 Å². The van der Waals surface area contributed by atoms with Gasteiger partial charge >= 0.3 is 0 Å². The second-order valence-corrected chi connectivity index (χ2v) is 6.49. The Morgan fingerprint density at radius 2 is 2.05 bits per heavy atom. The number of hydrogen-bond acceptors (Lipinski definition) is 4. The van der Waals surface area contributed by atoms with E-state index in [9.17, 15) is 0 Å². The Kier molecular flexibility index (Phi) is 4.12. The maximum absolute atomic E-state index is 5.72. The van der Waals surface area contributed by atoms with Crippen LogP contribution in [-0.4, -0.2) is 4.98 Å². The fourth-order valence-corrected chi connectivity index (χ4v) is 3.23. The molecule has 0 bridgehead atoms. The smallest absolute Gasteiger partial charge is 0.0809 e. The van der Waals surface area contributed by atoms with E-state index in [1.54, 1.807) is 11.3 Å². The lowest BCUT2D eigenvalue weighted by Crippen LogP contribution is -2.29. The van der Waals surface area contributed by atoms with Gasteiger partial charge in [0.2, 0.25) is 0 Å².